The Bertz CT molecular complexity index is 392. The number of non-ortho nitro benzene ring substituents is 1. The summed E-state index contributed by atoms with van der Waals surface area (Å²) < 4.78 is -0.0704. The molecule has 0 aromatic heterocycles. The number of hydrogen-bond acceptors (Lipinski definition) is 3. The Hall–Kier alpha value is -1.35. The van der Waals surface area contributed by atoms with Crippen LogP contribution in [0.5, 0.6) is 0 Å². The van der Waals surface area contributed by atoms with Gasteiger partial charge in [0.2, 0.25) is 0 Å². The Morgan fingerprint density at radius 3 is 2.50 bits per heavy atom. The Morgan fingerprint density at radius 1 is 1.50 bits per heavy atom. The van der Waals surface area contributed by atoms with Crippen LogP contribution in [0.15, 0.2) is 24.3 Å². The summed E-state index contributed by atoms with van der Waals surface area (Å²) in [7, 11) is 1.60. The first kappa shape index (κ1) is 12.7. The molecule has 0 saturated carbocycles. The number of hydrogen-bond donors (Lipinski definition) is 1. The Kier molecular flexibility index (Phi) is 4.50. The first-order chi connectivity index (χ1) is 7.54. The van der Waals surface area contributed by atoms with Crippen LogP contribution in [0.1, 0.15) is 5.56 Å². The molecule has 0 aliphatic heterocycles. The topological polar surface area (TPSA) is 72.2 Å². The van der Waals surface area contributed by atoms with E-state index in [0.717, 1.165) is 5.56 Å². The first-order valence-electron chi connectivity index (χ1n) is 4.75. The fraction of sp³-hybridized carbons (Fsp3) is 0.300. The van der Waals surface area contributed by atoms with E-state index in [9.17, 15) is 14.9 Å². The molecule has 1 unspecified atom stereocenters. The molecular formula is C10H13AsN2O3. The number of nitro groups is 1. The van der Waals surface area contributed by atoms with Crippen molar-refractivity contribution in [3.05, 3.63) is 39.9 Å². The summed E-state index contributed by atoms with van der Waals surface area (Å²) in [6.07, 6.45) is 0.609. The maximum atomic E-state index is 11.3. The van der Waals surface area contributed by atoms with E-state index in [1.165, 1.54) is 29.0 Å². The van der Waals surface area contributed by atoms with E-state index in [0.29, 0.717) is 6.42 Å². The molecule has 1 aromatic carbocycles. The minimum atomic E-state index is -0.435. The zero-order valence-corrected chi connectivity index (χ0v) is 11.3. The van der Waals surface area contributed by atoms with Crippen molar-refractivity contribution in [2.24, 2.45) is 0 Å². The molecule has 0 radical (unpaired) electrons. The molecule has 1 N–H and O–H groups in total. The third-order valence-electron chi connectivity index (χ3n) is 2.19. The van der Waals surface area contributed by atoms with Gasteiger partial charge in [0.25, 0.3) is 0 Å². The van der Waals surface area contributed by atoms with Crippen molar-refractivity contribution in [3.8, 4) is 0 Å². The predicted octanol–water partition coefficient (Wildman–Crippen LogP) is 0.305. The van der Waals surface area contributed by atoms with Gasteiger partial charge >= 0.3 is 102 Å². The number of carbonyl (C=O) groups is 1. The van der Waals surface area contributed by atoms with Crippen molar-refractivity contribution >= 4 is 28.4 Å². The van der Waals surface area contributed by atoms with Crippen LogP contribution in [-0.2, 0) is 11.2 Å². The van der Waals surface area contributed by atoms with Gasteiger partial charge in [0.1, 0.15) is 0 Å². The quantitative estimate of drug-likeness (QED) is 0.491. The fourth-order valence-corrected chi connectivity index (χ4v) is 2.21. The second-order valence-corrected chi connectivity index (χ2v) is 5.04. The van der Waals surface area contributed by atoms with E-state index >= 15 is 0 Å². The Morgan fingerprint density at radius 2 is 2.06 bits per heavy atom. The molecule has 0 fully saturated rings. The van der Waals surface area contributed by atoms with Crippen LogP contribution in [0, 0.1) is 10.1 Å². The summed E-state index contributed by atoms with van der Waals surface area (Å²) in [4.78, 5) is 21.3. The van der Waals surface area contributed by atoms with Crippen molar-refractivity contribution in [3.63, 3.8) is 0 Å². The number of nitrogens with zero attached hydrogens (tertiary/aromatic N) is 1. The molecular weight excluding hydrogens is 271 g/mol. The molecule has 86 valence electrons. The molecule has 5 nitrogen and oxygen atoms in total. The molecule has 0 saturated heterocycles. The van der Waals surface area contributed by atoms with E-state index in [-0.39, 0.29) is 16.3 Å². The van der Waals surface area contributed by atoms with Crippen molar-refractivity contribution in [2.45, 2.75) is 11.1 Å². The summed E-state index contributed by atoms with van der Waals surface area (Å²) in [5.74, 6) is -0.00153. The third-order valence-corrected chi connectivity index (χ3v) is 3.32. The van der Waals surface area contributed by atoms with Crippen molar-refractivity contribution in [1.82, 2.24) is 5.32 Å². The van der Waals surface area contributed by atoms with E-state index in [4.69, 9.17) is 0 Å². The standard InChI is InChI=1S/C10H13AsN2O3/c1-12-10(14)9(11)6-7-2-4-8(5-3-7)13(15)16/h2-5,9H,6,11H2,1H3,(H,12,14)/t9-/m0/s1. The van der Waals surface area contributed by atoms with Gasteiger partial charge < -0.3 is 0 Å². The van der Waals surface area contributed by atoms with Crippen LogP contribution in [0.2, 0.25) is 4.71 Å². The van der Waals surface area contributed by atoms with Gasteiger partial charge in [0.15, 0.2) is 0 Å². The molecule has 2 atom stereocenters. The van der Waals surface area contributed by atoms with Gasteiger partial charge in [-0.1, -0.05) is 0 Å². The summed E-state index contributed by atoms with van der Waals surface area (Å²) in [5.41, 5.74) is 1.01. The van der Waals surface area contributed by atoms with Crippen molar-refractivity contribution in [1.29, 1.82) is 0 Å². The number of benzene rings is 1. The average Bonchev–Trinajstić information content (AvgIpc) is 2.28. The predicted molar refractivity (Wildman–Crippen MR) is 63.2 cm³/mol. The van der Waals surface area contributed by atoms with Gasteiger partial charge in [-0.25, -0.2) is 0 Å². The molecule has 16 heavy (non-hydrogen) atoms. The molecule has 0 bridgehead atoms. The van der Waals surface area contributed by atoms with Gasteiger partial charge in [0.05, 0.1) is 0 Å². The summed E-state index contributed by atoms with van der Waals surface area (Å²) >= 11 is 1.35. The van der Waals surface area contributed by atoms with E-state index in [2.05, 4.69) is 5.32 Å². The third kappa shape index (κ3) is 3.35. The number of nitro benzene ring substituents is 1. The maximum absolute atomic E-state index is 11.3. The Balaban J connectivity index is 2.68. The zero-order valence-electron chi connectivity index (χ0n) is 8.84. The van der Waals surface area contributed by atoms with Gasteiger partial charge in [-0.05, 0) is 0 Å². The molecule has 1 amide bonds. The SMILES string of the molecule is CNC(=O)[C@@H]([AsH2])Cc1ccc([N+](=O)[O-])cc1. The molecule has 0 aliphatic carbocycles. The van der Waals surface area contributed by atoms with Crippen LogP contribution in [0.25, 0.3) is 0 Å². The van der Waals surface area contributed by atoms with Crippen LogP contribution < -0.4 is 5.32 Å². The monoisotopic (exact) mass is 284 g/mol. The van der Waals surface area contributed by atoms with Crippen LogP contribution in [0.3, 0.4) is 0 Å². The Labute approximate surface area is 102 Å². The van der Waals surface area contributed by atoms with Crippen LogP contribution >= 0.6 is 0 Å². The second kappa shape index (κ2) is 5.66. The fourth-order valence-electron chi connectivity index (χ4n) is 1.29. The van der Waals surface area contributed by atoms with Crippen LogP contribution in [-0.4, -0.2) is 34.7 Å². The minimum absolute atomic E-state index is 0.00153. The summed E-state index contributed by atoms with van der Waals surface area (Å²) in [6.45, 7) is 0. The molecule has 0 aliphatic rings. The van der Waals surface area contributed by atoms with Gasteiger partial charge in [0, 0.05) is 0 Å². The van der Waals surface area contributed by atoms with E-state index in [1.807, 2.05) is 0 Å². The van der Waals surface area contributed by atoms with Crippen LogP contribution in [0.4, 0.5) is 5.69 Å². The zero-order chi connectivity index (χ0) is 12.1. The normalized spacial score (nSPS) is 11.9. The van der Waals surface area contributed by atoms with E-state index < -0.39 is 4.92 Å². The number of amides is 1. The second-order valence-electron chi connectivity index (χ2n) is 3.35. The van der Waals surface area contributed by atoms with Gasteiger partial charge in [-0.15, -0.1) is 0 Å². The van der Waals surface area contributed by atoms with E-state index in [1.54, 1.807) is 19.2 Å². The van der Waals surface area contributed by atoms with Crippen molar-refractivity contribution in [2.75, 3.05) is 7.05 Å². The molecule has 0 spiro atoms. The van der Waals surface area contributed by atoms with Gasteiger partial charge in [-0.3, -0.25) is 0 Å². The molecule has 1 rings (SSSR count). The number of nitrogens with one attached hydrogen (secondary N) is 1. The summed E-state index contributed by atoms with van der Waals surface area (Å²) in [5, 5.41) is 13.0. The molecule has 0 heterocycles. The molecule has 6 heteroatoms. The number of rotatable bonds is 4. The van der Waals surface area contributed by atoms with Gasteiger partial charge in [-0.2, -0.15) is 0 Å². The van der Waals surface area contributed by atoms with Crippen molar-refractivity contribution < 1.29 is 9.72 Å². The first-order valence-corrected chi connectivity index (χ1v) is 6.15. The number of carbonyl (C=O) groups excluding carboxylic acids is 1. The average molecular weight is 284 g/mol. The summed E-state index contributed by atoms with van der Waals surface area (Å²) in [6, 6.07) is 6.29. The molecule has 1 aromatic rings.